The molecule has 112 valence electrons. The summed E-state index contributed by atoms with van der Waals surface area (Å²) in [4.78, 5) is 13.6. The van der Waals surface area contributed by atoms with Gasteiger partial charge in [0, 0.05) is 12.6 Å². The van der Waals surface area contributed by atoms with Crippen LogP contribution in [0.25, 0.3) is 0 Å². The Morgan fingerprint density at radius 2 is 2.35 bits per heavy atom. The van der Waals surface area contributed by atoms with Gasteiger partial charge in [-0.3, -0.25) is 4.90 Å². The first kappa shape index (κ1) is 15.0. The quantitative estimate of drug-likeness (QED) is 0.837. The molecule has 0 radical (unpaired) electrons. The number of carbonyl (C=O) groups excluding carboxylic acids is 1. The lowest BCUT2D eigenvalue weighted by Crippen LogP contribution is -2.50. The third-order valence-corrected chi connectivity index (χ3v) is 3.68. The van der Waals surface area contributed by atoms with E-state index in [0.717, 1.165) is 0 Å². The molecule has 0 spiro atoms. The Morgan fingerprint density at radius 1 is 1.60 bits per heavy atom. The maximum atomic E-state index is 11.4. The van der Waals surface area contributed by atoms with Crippen LogP contribution >= 0.6 is 0 Å². The third-order valence-electron chi connectivity index (χ3n) is 3.68. The first-order valence-electron chi connectivity index (χ1n) is 6.73. The number of aliphatic hydroxyl groups is 1. The Bertz CT molecular complexity index is 458. The third kappa shape index (κ3) is 3.03. The van der Waals surface area contributed by atoms with Gasteiger partial charge in [0.1, 0.15) is 5.76 Å². The summed E-state index contributed by atoms with van der Waals surface area (Å²) in [7, 11) is 1.32. The molecule has 0 amide bonds. The zero-order valence-electron chi connectivity index (χ0n) is 12.0. The summed E-state index contributed by atoms with van der Waals surface area (Å²) in [6.07, 6.45) is -0.177. The number of esters is 1. The van der Waals surface area contributed by atoms with Crippen molar-refractivity contribution in [1.29, 1.82) is 0 Å². The molecule has 1 saturated heterocycles. The summed E-state index contributed by atoms with van der Waals surface area (Å²) in [5, 5.41) is 9.22. The van der Waals surface area contributed by atoms with E-state index in [4.69, 9.17) is 9.15 Å². The number of ether oxygens (including phenoxy) is 2. The van der Waals surface area contributed by atoms with Gasteiger partial charge in [-0.2, -0.15) is 0 Å². The average Bonchev–Trinajstić information content (AvgIpc) is 2.96. The van der Waals surface area contributed by atoms with Crippen molar-refractivity contribution in [3.05, 3.63) is 23.7 Å². The Balaban J connectivity index is 2.11. The predicted molar refractivity (Wildman–Crippen MR) is 71.5 cm³/mol. The highest BCUT2D eigenvalue weighted by molar-refractivity contribution is 5.86. The van der Waals surface area contributed by atoms with Gasteiger partial charge in [0.05, 0.1) is 32.5 Å². The van der Waals surface area contributed by atoms with Crippen molar-refractivity contribution in [1.82, 2.24) is 4.90 Å². The van der Waals surface area contributed by atoms with Crippen molar-refractivity contribution < 1.29 is 23.8 Å². The van der Waals surface area contributed by atoms with E-state index in [1.165, 1.54) is 7.11 Å². The maximum Gasteiger partial charge on any atom is 0.373 e. The van der Waals surface area contributed by atoms with Gasteiger partial charge < -0.3 is 19.0 Å². The van der Waals surface area contributed by atoms with E-state index in [-0.39, 0.29) is 30.6 Å². The molecule has 20 heavy (non-hydrogen) atoms. The molecule has 1 fully saturated rings. The van der Waals surface area contributed by atoms with E-state index in [0.29, 0.717) is 18.9 Å². The highest BCUT2D eigenvalue weighted by Gasteiger charge is 2.31. The molecule has 6 nitrogen and oxygen atoms in total. The lowest BCUT2D eigenvalue weighted by molar-refractivity contribution is -0.0917. The number of rotatable bonds is 4. The molecule has 0 aliphatic carbocycles. The zero-order valence-corrected chi connectivity index (χ0v) is 12.0. The summed E-state index contributed by atoms with van der Waals surface area (Å²) in [5.74, 6) is 0.427. The van der Waals surface area contributed by atoms with Crippen molar-refractivity contribution in [2.45, 2.75) is 32.0 Å². The Kier molecular flexibility index (Phi) is 4.80. The molecule has 0 aromatic carbocycles. The highest BCUT2D eigenvalue weighted by Crippen LogP contribution is 2.27. The fourth-order valence-corrected chi connectivity index (χ4v) is 2.44. The van der Waals surface area contributed by atoms with Crippen LogP contribution in [0.2, 0.25) is 0 Å². The van der Waals surface area contributed by atoms with Crippen LogP contribution in [0.15, 0.2) is 16.5 Å². The minimum Gasteiger partial charge on any atom is -0.463 e. The molecule has 1 aliphatic heterocycles. The summed E-state index contributed by atoms with van der Waals surface area (Å²) in [6, 6.07) is 3.63. The largest absolute Gasteiger partial charge is 0.463 e. The topological polar surface area (TPSA) is 72.1 Å². The standard InChI is InChI=1S/C14H21NO5/c1-9-8-19-11(7-16)6-15(9)10(2)12-4-5-13(20-12)14(17)18-3/h4-5,9-11,16H,6-8H2,1-3H3. The molecule has 2 rings (SSSR count). The van der Waals surface area contributed by atoms with E-state index in [2.05, 4.69) is 16.6 Å². The number of furan rings is 1. The highest BCUT2D eigenvalue weighted by atomic mass is 16.5. The maximum absolute atomic E-state index is 11.4. The normalized spacial score (nSPS) is 25.4. The molecule has 1 aromatic rings. The Labute approximate surface area is 118 Å². The molecule has 1 aliphatic rings. The molecule has 2 heterocycles. The van der Waals surface area contributed by atoms with Crippen LogP contribution < -0.4 is 0 Å². The van der Waals surface area contributed by atoms with Crippen molar-refractivity contribution in [3.8, 4) is 0 Å². The number of methoxy groups -OCH3 is 1. The van der Waals surface area contributed by atoms with Gasteiger partial charge in [0.25, 0.3) is 0 Å². The monoisotopic (exact) mass is 283 g/mol. The van der Waals surface area contributed by atoms with E-state index in [1.807, 2.05) is 6.92 Å². The summed E-state index contributed by atoms with van der Waals surface area (Å²) < 4.78 is 15.7. The lowest BCUT2D eigenvalue weighted by Gasteiger charge is -2.40. The van der Waals surface area contributed by atoms with E-state index >= 15 is 0 Å². The average molecular weight is 283 g/mol. The van der Waals surface area contributed by atoms with E-state index in [9.17, 15) is 9.90 Å². The lowest BCUT2D eigenvalue weighted by atomic mass is 10.1. The van der Waals surface area contributed by atoms with Gasteiger partial charge in [-0.1, -0.05) is 0 Å². The second kappa shape index (κ2) is 6.39. The SMILES string of the molecule is COC(=O)c1ccc(C(C)N2CC(CO)OCC2C)o1. The van der Waals surface area contributed by atoms with Crippen molar-refractivity contribution >= 4 is 5.97 Å². The van der Waals surface area contributed by atoms with Crippen LogP contribution in [0, 0.1) is 0 Å². The number of carbonyl (C=O) groups is 1. The van der Waals surface area contributed by atoms with E-state index < -0.39 is 5.97 Å². The number of hydrogen-bond acceptors (Lipinski definition) is 6. The number of hydrogen-bond donors (Lipinski definition) is 1. The minimum atomic E-state index is -0.480. The summed E-state index contributed by atoms with van der Waals surface area (Å²) in [6.45, 7) is 5.28. The van der Waals surface area contributed by atoms with Crippen molar-refractivity contribution in [2.24, 2.45) is 0 Å². The van der Waals surface area contributed by atoms with Gasteiger partial charge in [-0.05, 0) is 26.0 Å². The Morgan fingerprint density at radius 3 is 3.00 bits per heavy atom. The van der Waals surface area contributed by atoms with Gasteiger partial charge >= 0.3 is 5.97 Å². The predicted octanol–water partition coefficient (Wildman–Crippen LogP) is 1.21. The van der Waals surface area contributed by atoms with Crippen LogP contribution in [0.3, 0.4) is 0 Å². The van der Waals surface area contributed by atoms with Gasteiger partial charge in [-0.15, -0.1) is 0 Å². The molecule has 1 aromatic heterocycles. The van der Waals surface area contributed by atoms with E-state index in [1.54, 1.807) is 12.1 Å². The van der Waals surface area contributed by atoms with Crippen LogP contribution in [-0.2, 0) is 9.47 Å². The number of aliphatic hydroxyl groups excluding tert-OH is 1. The van der Waals surface area contributed by atoms with Crippen molar-refractivity contribution in [2.75, 3.05) is 26.9 Å². The molecular weight excluding hydrogens is 262 g/mol. The molecular formula is C14H21NO5. The summed E-state index contributed by atoms with van der Waals surface area (Å²) >= 11 is 0. The van der Waals surface area contributed by atoms with Gasteiger partial charge in [-0.25, -0.2) is 4.79 Å². The molecule has 3 unspecified atom stereocenters. The van der Waals surface area contributed by atoms with Crippen LogP contribution in [0.5, 0.6) is 0 Å². The fourth-order valence-electron chi connectivity index (χ4n) is 2.44. The van der Waals surface area contributed by atoms with Crippen LogP contribution in [-0.4, -0.2) is 55.0 Å². The molecule has 0 saturated carbocycles. The zero-order chi connectivity index (χ0) is 14.7. The first-order valence-corrected chi connectivity index (χ1v) is 6.73. The number of morpholine rings is 1. The smallest absolute Gasteiger partial charge is 0.373 e. The first-order chi connectivity index (χ1) is 9.56. The van der Waals surface area contributed by atoms with Gasteiger partial charge in [0.2, 0.25) is 5.76 Å². The minimum absolute atomic E-state index is 0.00126. The fraction of sp³-hybridized carbons (Fsp3) is 0.643. The molecule has 6 heteroatoms. The molecule has 1 N–H and O–H groups in total. The van der Waals surface area contributed by atoms with Crippen LogP contribution in [0.4, 0.5) is 0 Å². The molecule has 3 atom stereocenters. The second-order valence-electron chi connectivity index (χ2n) is 5.05. The van der Waals surface area contributed by atoms with Gasteiger partial charge in [0.15, 0.2) is 0 Å². The summed E-state index contributed by atoms with van der Waals surface area (Å²) in [5.41, 5.74) is 0. The van der Waals surface area contributed by atoms with Crippen molar-refractivity contribution in [3.63, 3.8) is 0 Å². The van der Waals surface area contributed by atoms with Crippen LogP contribution in [0.1, 0.15) is 36.2 Å². The molecule has 0 bridgehead atoms. The Hall–Kier alpha value is -1.37. The number of nitrogens with zero attached hydrogens (tertiary/aromatic N) is 1. The second-order valence-corrected chi connectivity index (χ2v) is 5.05.